The summed E-state index contributed by atoms with van der Waals surface area (Å²) in [6, 6.07) is 1.37. The van der Waals surface area contributed by atoms with Crippen LogP contribution in [0.2, 0.25) is 0 Å². The summed E-state index contributed by atoms with van der Waals surface area (Å²) < 4.78 is 38.5. The van der Waals surface area contributed by atoms with E-state index in [9.17, 15) is 18.0 Å². The van der Waals surface area contributed by atoms with Crippen LogP contribution in [0.3, 0.4) is 0 Å². The van der Waals surface area contributed by atoms with Crippen molar-refractivity contribution in [2.45, 2.75) is 27.2 Å². The number of carbonyl (C=O) groups excluding carboxylic acids is 1. The van der Waals surface area contributed by atoms with Crippen molar-refractivity contribution in [2.75, 3.05) is 6.54 Å². The van der Waals surface area contributed by atoms with Crippen molar-refractivity contribution >= 4 is 5.91 Å². The van der Waals surface area contributed by atoms with Gasteiger partial charge in [-0.15, -0.1) is 0 Å². The van der Waals surface area contributed by atoms with Gasteiger partial charge in [-0.3, -0.25) is 4.79 Å². The zero-order valence-corrected chi connectivity index (χ0v) is 10.6. The molecule has 5 heteroatoms. The third-order valence-electron chi connectivity index (χ3n) is 2.41. The van der Waals surface area contributed by atoms with Crippen LogP contribution in [0.25, 0.3) is 0 Å². The van der Waals surface area contributed by atoms with Gasteiger partial charge in [0.15, 0.2) is 17.5 Å². The van der Waals surface area contributed by atoms with Gasteiger partial charge in [-0.05, 0) is 24.0 Å². The number of rotatable bonds is 3. The molecule has 0 unspecified atom stereocenters. The normalized spacial score (nSPS) is 11.4. The summed E-state index contributed by atoms with van der Waals surface area (Å²) in [5.41, 5.74) is -0.174. The lowest BCUT2D eigenvalue weighted by molar-refractivity contribution is 0.0948. The van der Waals surface area contributed by atoms with Gasteiger partial charge >= 0.3 is 0 Å². The SMILES string of the molecule is CC(C)(C)CCNC(=O)c1cc(F)c(F)c(F)c1. The van der Waals surface area contributed by atoms with Gasteiger partial charge < -0.3 is 5.32 Å². The molecule has 0 fully saturated rings. The molecule has 0 aromatic heterocycles. The molecule has 2 nitrogen and oxygen atoms in total. The quantitative estimate of drug-likeness (QED) is 0.829. The Labute approximate surface area is 104 Å². The Morgan fingerprint density at radius 1 is 1.17 bits per heavy atom. The highest BCUT2D eigenvalue weighted by atomic mass is 19.2. The Morgan fingerprint density at radius 2 is 1.67 bits per heavy atom. The van der Waals surface area contributed by atoms with Crippen LogP contribution in [0.5, 0.6) is 0 Å². The summed E-state index contributed by atoms with van der Waals surface area (Å²) in [5.74, 6) is -4.91. The first-order valence-corrected chi connectivity index (χ1v) is 5.63. The highest BCUT2D eigenvalue weighted by Crippen LogP contribution is 2.17. The molecule has 0 aliphatic heterocycles. The maximum absolute atomic E-state index is 12.9. The van der Waals surface area contributed by atoms with E-state index < -0.39 is 23.4 Å². The first-order valence-electron chi connectivity index (χ1n) is 5.63. The predicted molar refractivity (Wildman–Crippen MR) is 62.7 cm³/mol. The Kier molecular flexibility index (Phi) is 4.38. The standard InChI is InChI=1S/C13H16F3NO/c1-13(2,3)4-5-17-12(18)8-6-9(14)11(16)10(15)7-8/h6-7H,4-5H2,1-3H3,(H,17,18). The molecule has 1 rings (SSSR count). The Morgan fingerprint density at radius 3 is 2.11 bits per heavy atom. The van der Waals surface area contributed by atoms with Crippen LogP contribution in [-0.4, -0.2) is 12.5 Å². The topological polar surface area (TPSA) is 29.1 Å². The largest absolute Gasteiger partial charge is 0.352 e. The molecule has 0 saturated heterocycles. The van der Waals surface area contributed by atoms with Crippen LogP contribution < -0.4 is 5.32 Å². The number of nitrogens with one attached hydrogen (secondary N) is 1. The Balaban J connectivity index is 2.68. The van der Waals surface area contributed by atoms with Gasteiger partial charge in [0.25, 0.3) is 5.91 Å². The van der Waals surface area contributed by atoms with E-state index in [0.717, 1.165) is 6.42 Å². The Hall–Kier alpha value is -1.52. The summed E-state index contributed by atoms with van der Waals surface area (Å²) in [5, 5.41) is 2.53. The molecule has 0 aliphatic carbocycles. The van der Waals surface area contributed by atoms with Crippen molar-refractivity contribution in [2.24, 2.45) is 5.41 Å². The molecule has 0 saturated carbocycles. The smallest absolute Gasteiger partial charge is 0.251 e. The van der Waals surface area contributed by atoms with Gasteiger partial charge in [-0.25, -0.2) is 13.2 Å². The van der Waals surface area contributed by atoms with Gasteiger partial charge in [0.2, 0.25) is 0 Å². The number of hydrogen-bond donors (Lipinski definition) is 1. The monoisotopic (exact) mass is 259 g/mol. The molecule has 18 heavy (non-hydrogen) atoms. The summed E-state index contributed by atoms with van der Waals surface area (Å²) in [4.78, 5) is 11.6. The number of carbonyl (C=O) groups is 1. The summed E-state index contributed by atoms with van der Waals surface area (Å²) in [6.07, 6.45) is 0.727. The number of benzene rings is 1. The maximum atomic E-state index is 12.9. The zero-order valence-electron chi connectivity index (χ0n) is 10.6. The molecular weight excluding hydrogens is 243 g/mol. The predicted octanol–water partition coefficient (Wildman–Crippen LogP) is 3.27. The van der Waals surface area contributed by atoms with Crippen LogP contribution in [0.4, 0.5) is 13.2 Å². The molecule has 1 N–H and O–H groups in total. The minimum Gasteiger partial charge on any atom is -0.352 e. The summed E-state index contributed by atoms with van der Waals surface area (Å²) in [7, 11) is 0. The average Bonchev–Trinajstić information content (AvgIpc) is 2.23. The third-order valence-corrected chi connectivity index (χ3v) is 2.41. The lowest BCUT2D eigenvalue weighted by Crippen LogP contribution is -2.27. The van der Waals surface area contributed by atoms with Gasteiger partial charge in [0, 0.05) is 12.1 Å². The van der Waals surface area contributed by atoms with Crippen LogP contribution >= 0.6 is 0 Å². The second kappa shape index (κ2) is 5.42. The van der Waals surface area contributed by atoms with Crippen LogP contribution in [0.15, 0.2) is 12.1 Å². The minimum atomic E-state index is -1.57. The first kappa shape index (κ1) is 14.5. The van der Waals surface area contributed by atoms with E-state index >= 15 is 0 Å². The third kappa shape index (κ3) is 4.05. The van der Waals surface area contributed by atoms with Crippen LogP contribution in [0.1, 0.15) is 37.6 Å². The zero-order chi connectivity index (χ0) is 13.9. The van der Waals surface area contributed by atoms with E-state index in [2.05, 4.69) is 5.32 Å². The van der Waals surface area contributed by atoms with Crippen molar-refractivity contribution in [1.82, 2.24) is 5.32 Å². The number of hydrogen-bond acceptors (Lipinski definition) is 1. The average molecular weight is 259 g/mol. The molecule has 0 atom stereocenters. The highest BCUT2D eigenvalue weighted by Gasteiger charge is 2.16. The Bertz CT molecular complexity index is 429. The highest BCUT2D eigenvalue weighted by molar-refractivity contribution is 5.94. The molecule has 0 bridgehead atoms. The van der Waals surface area contributed by atoms with Crippen molar-refractivity contribution in [3.05, 3.63) is 35.1 Å². The molecule has 1 amide bonds. The number of halogens is 3. The van der Waals surface area contributed by atoms with Gasteiger partial charge in [-0.1, -0.05) is 20.8 Å². The fourth-order valence-corrected chi connectivity index (χ4v) is 1.34. The molecule has 1 aromatic rings. The number of amides is 1. The van der Waals surface area contributed by atoms with E-state index in [-0.39, 0.29) is 11.0 Å². The van der Waals surface area contributed by atoms with Crippen LogP contribution in [-0.2, 0) is 0 Å². The van der Waals surface area contributed by atoms with Crippen molar-refractivity contribution in [3.63, 3.8) is 0 Å². The minimum absolute atomic E-state index is 0.0482. The van der Waals surface area contributed by atoms with Gasteiger partial charge in [0.05, 0.1) is 0 Å². The van der Waals surface area contributed by atoms with E-state index in [1.54, 1.807) is 0 Å². The molecule has 0 spiro atoms. The van der Waals surface area contributed by atoms with Crippen LogP contribution in [0, 0.1) is 22.9 Å². The lowest BCUT2D eigenvalue weighted by atomic mass is 9.92. The second-order valence-corrected chi connectivity index (χ2v) is 5.32. The van der Waals surface area contributed by atoms with Crippen molar-refractivity contribution < 1.29 is 18.0 Å². The van der Waals surface area contributed by atoms with Gasteiger partial charge in [0.1, 0.15) is 0 Å². The first-order chi connectivity index (χ1) is 8.20. The lowest BCUT2D eigenvalue weighted by Gasteiger charge is -2.18. The summed E-state index contributed by atoms with van der Waals surface area (Å²) in [6.45, 7) is 6.42. The maximum Gasteiger partial charge on any atom is 0.251 e. The van der Waals surface area contributed by atoms with Crippen molar-refractivity contribution in [1.29, 1.82) is 0 Å². The fourth-order valence-electron chi connectivity index (χ4n) is 1.34. The molecule has 0 radical (unpaired) electrons. The molecule has 100 valence electrons. The van der Waals surface area contributed by atoms with Gasteiger partial charge in [-0.2, -0.15) is 0 Å². The van der Waals surface area contributed by atoms with Crippen molar-refractivity contribution in [3.8, 4) is 0 Å². The van der Waals surface area contributed by atoms with E-state index in [1.807, 2.05) is 20.8 Å². The molecule has 1 aromatic carbocycles. The summed E-state index contributed by atoms with van der Waals surface area (Å²) >= 11 is 0. The molecule has 0 heterocycles. The van der Waals surface area contributed by atoms with E-state index in [0.29, 0.717) is 18.7 Å². The molecular formula is C13H16F3NO. The second-order valence-electron chi connectivity index (χ2n) is 5.32. The van der Waals surface area contributed by atoms with E-state index in [1.165, 1.54) is 0 Å². The molecule has 0 aliphatic rings. The fraction of sp³-hybridized carbons (Fsp3) is 0.462. The van der Waals surface area contributed by atoms with E-state index in [4.69, 9.17) is 0 Å².